The Balaban J connectivity index is 2.71. The van der Waals surface area contributed by atoms with Gasteiger partial charge in [-0.15, -0.1) is 0 Å². The molecule has 1 aromatic rings. The highest BCUT2D eigenvalue weighted by Crippen LogP contribution is 2.27. The fourth-order valence-electron chi connectivity index (χ4n) is 1.42. The van der Waals surface area contributed by atoms with E-state index in [9.17, 15) is 4.79 Å². The first-order valence-corrected chi connectivity index (χ1v) is 7.19. The Labute approximate surface area is 113 Å². The molecule has 0 aliphatic rings. The lowest BCUT2D eigenvalue weighted by Gasteiger charge is -2.06. The molecule has 3 heteroatoms. The van der Waals surface area contributed by atoms with Crippen molar-refractivity contribution in [2.45, 2.75) is 38.0 Å². The van der Waals surface area contributed by atoms with Crippen LogP contribution >= 0.6 is 11.8 Å². The number of benzene rings is 1. The molecule has 0 atom stereocenters. The summed E-state index contributed by atoms with van der Waals surface area (Å²) in [4.78, 5) is 13.6. The summed E-state index contributed by atoms with van der Waals surface area (Å²) in [6.07, 6.45) is 5.13. The van der Waals surface area contributed by atoms with Gasteiger partial charge in [-0.05, 0) is 25.5 Å². The number of carbonyl (C=O) groups is 1. The number of hydrogen-bond acceptors (Lipinski definition) is 3. The summed E-state index contributed by atoms with van der Waals surface area (Å²) in [5, 5.41) is 0. The summed E-state index contributed by atoms with van der Waals surface area (Å²) < 4.78 is 5.08. The molecule has 0 radical (unpaired) electrons. The molecule has 0 amide bonds. The van der Waals surface area contributed by atoms with Crippen LogP contribution in [-0.2, 0) is 9.53 Å². The Morgan fingerprint density at radius 3 is 2.61 bits per heavy atom. The number of rotatable bonds is 7. The lowest BCUT2D eigenvalue weighted by atomic mass is 10.2. The summed E-state index contributed by atoms with van der Waals surface area (Å²) in [6.45, 7) is 4.39. The molecule has 18 heavy (non-hydrogen) atoms. The highest BCUT2D eigenvalue weighted by molar-refractivity contribution is 8.04. The summed E-state index contributed by atoms with van der Waals surface area (Å²) in [6, 6.07) is 9.90. The zero-order valence-electron chi connectivity index (χ0n) is 11.0. The number of allylic oxidation sites excluding steroid dienone is 1. The normalized spacial score (nSPS) is 11.3. The second-order valence-electron chi connectivity index (χ2n) is 3.85. The van der Waals surface area contributed by atoms with Gasteiger partial charge >= 0.3 is 5.97 Å². The molecule has 0 fully saturated rings. The molecular weight excluding hydrogens is 244 g/mol. The second kappa shape index (κ2) is 8.81. The average molecular weight is 264 g/mol. The molecule has 0 spiro atoms. The fraction of sp³-hybridized carbons (Fsp3) is 0.400. The van der Waals surface area contributed by atoms with E-state index >= 15 is 0 Å². The number of carbonyl (C=O) groups excluding carboxylic acids is 1. The standard InChI is InChI=1S/C15H20O2S/c1-3-5-7-12-14(15(16)17-4-2)18-13-10-8-6-9-11-13/h6,8-12H,3-5,7H2,1-2H3/b14-12+. The zero-order valence-corrected chi connectivity index (χ0v) is 11.8. The van der Waals surface area contributed by atoms with Gasteiger partial charge in [0.2, 0.25) is 0 Å². The lowest BCUT2D eigenvalue weighted by Crippen LogP contribution is -2.05. The Hall–Kier alpha value is -1.22. The maximum absolute atomic E-state index is 11.8. The van der Waals surface area contributed by atoms with E-state index in [2.05, 4.69) is 6.92 Å². The smallest absolute Gasteiger partial charge is 0.344 e. The Morgan fingerprint density at radius 1 is 1.28 bits per heavy atom. The van der Waals surface area contributed by atoms with Gasteiger partial charge in [0, 0.05) is 4.90 Å². The third-order valence-corrected chi connectivity index (χ3v) is 3.40. The molecule has 0 bridgehead atoms. The van der Waals surface area contributed by atoms with E-state index in [4.69, 9.17) is 4.74 Å². The third kappa shape index (κ3) is 5.41. The highest BCUT2D eigenvalue weighted by atomic mass is 32.2. The predicted molar refractivity (Wildman–Crippen MR) is 76.5 cm³/mol. The maximum Gasteiger partial charge on any atom is 0.344 e. The van der Waals surface area contributed by atoms with Crippen molar-refractivity contribution in [3.05, 3.63) is 41.3 Å². The molecule has 98 valence electrons. The molecule has 0 heterocycles. The van der Waals surface area contributed by atoms with Gasteiger partial charge in [-0.2, -0.15) is 0 Å². The van der Waals surface area contributed by atoms with Gasteiger partial charge < -0.3 is 4.74 Å². The molecule has 1 aromatic carbocycles. The Kier molecular flexibility index (Phi) is 7.26. The van der Waals surface area contributed by atoms with Crippen molar-refractivity contribution in [3.63, 3.8) is 0 Å². The van der Waals surface area contributed by atoms with Crippen molar-refractivity contribution in [1.29, 1.82) is 0 Å². The number of ether oxygens (including phenoxy) is 1. The molecular formula is C15H20O2S. The van der Waals surface area contributed by atoms with Gasteiger partial charge in [-0.3, -0.25) is 0 Å². The van der Waals surface area contributed by atoms with Crippen molar-refractivity contribution >= 4 is 17.7 Å². The predicted octanol–water partition coefficient (Wildman–Crippen LogP) is 4.42. The molecule has 0 aliphatic heterocycles. The number of unbranched alkanes of at least 4 members (excludes halogenated alkanes) is 2. The van der Waals surface area contributed by atoms with Crippen LogP contribution in [0.25, 0.3) is 0 Å². The van der Waals surface area contributed by atoms with Crippen LogP contribution in [0.3, 0.4) is 0 Å². The van der Waals surface area contributed by atoms with Crippen LogP contribution in [0.5, 0.6) is 0 Å². The van der Waals surface area contributed by atoms with Gasteiger partial charge in [0.1, 0.15) is 0 Å². The summed E-state index contributed by atoms with van der Waals surface area (Å²) >= 11 is 1.47. The molecule has 0 N–H and O–H groups in total. The second-order valence-corrected chi connectivity index (χ2v) is 4.96. The Bertz CT molecular complexity index is 385. The fourth-order valence-corrected chi connectivity index (χ4v) is 2.31. The van der Waals surface area contributed by atoms with Crippen molar-refractivity contribution in [2.24, 2.45) is 0 Å². The van der Waals surface area contributed by atoms with Gasteiger partial charge in [-0.1, -0.05) is 55.8 Å². The third-order valence-electron chi connectivity index (χ3n) is 2.34. The first-order chi connectivity index (χ1) is 8.77. The molecule has 2 nitrogen and oxygen atoms in total. The summed E-state index contributed by atoms with van der Waals surface area (Å²) in [5.74, 6) is -0.220. The first kappa shape index (κ1) is 14.8. The van der Waals surface area contributed by atoms with E-state index < -0.39 is 0 Å². The minimum absolute atomic E-state index is 0.220. The maximum atomic E-state index is 11.8. The van der Waals surface area contributed by atoms with Gasteiger partial charge in [0.25, 0.3) is 0 Å². The van der Waals surface area contributed by atoms with Crippen LogP contribution < -0.4 is 0 Å². The minimum atomic E-state index is -0.220. The van der Waals surface area contributed by atoms with Gasteiger partial charge in [-0.25, -0.2) is 4.79 Å². The number of esters is 1. The monoisotopic (exact) mass is 264 g/mol. The molecule has 0 saturated heterocycles. The van der Waals surface area contributed by atoms with Gasteiger partial charge in [0.15, 0.2) is 0 Å². The minimum Gasteiger partial charge on any atom is -0.462 e. The van der Waals surface area contributed by atoms with Crippen LogP contribution in [-0.4, -0.2) is 12.6 Å². The van der Waals surface area contributed by atoms with Crippen LogP contribution in [0.15, 0.2) is 46.2 Å². The summed E-state index contributed by atoms with van der Waals surface area (Å²) in [7, 11) is 0. The van der Waals surface area contributed by atoms with Crippen molar-refractivity contribution in [1.82, 2.24) is 0 Å². The van der Waals surface area contributed by atoms with E-state index in [0.717, 1.165) is 24.2 Å². The van der Waals surface area contributed by atoms with Gasteiger partial charge in [0.05, 0.1) is 11.5 Å². The van der Waals surface area contributed by atoms with E-state index in [1.807, 2.05) is 43.3 Å². The van der Waals surface area contributed by atoms with Crippen LogP contribution in [0.2, 0.25) is 0 Å². The summed E-state index contributed by atoms with van der Waals surface area (Å²) in [5.41, 5.74) is 0. The topological polar surface area (TPSA) is 26.3 Å². The van der Waals surface area contributed by atoms with E-state index in [1.54, 1.807) is 0 Å². The van der Waals surface area contributed by atoms with Crippen LogP contribution in [0.1, 0.15) is 33.1 Å². The van der Waals surface area contributed by atoms with E-state index in [-0.39, 0.29) is 5.97 Å². The molecule has 0 unspecified atom stereocenters. The van der Waals surface area contributed by atoms with E-state index in [1.165, 1.54) is 11.8 Å². The van der Waals surface area contributed by atoms with E-state index in [0.29, 0.717) is 11.5 Å². The first-order valence-electron chi connectivity index (χ1n) is 6.38. The number of thioether (sulfide) groups is 1. The molecule has 1 rings (SSSR count). The Morgan fingerprint density at radius 2 is 2.00 bits per heavy atom. The highest BCUT2D eigenvalue weighted by Gasteiger charge is 2.11. The van der Waals surface area contributed by atoms with Crippen molar-refractivity contribution in [2.75, 3.05) is 6.61 Å². The average Bonchev–Trinajstić information content (AvgIpc) is 2.39. The molecule has 0 aromatic heterocycles. The quantitative estimate of drug-likeness (QED) is 0.316. The SMILES string of the molecule is CCCC/C=C(/Sc1ccccc1)C(=O)OCC. The lowest BCUT2D eigenvalue weighted by molar-refractivity contribution is -0.137. The largest absolute Gasteiger partial charge is 0.462 e. The molecule has 0 aliphatic carbocycles. The van der Waals surface area contributed by atoms with Crippen LogP contribution in [0, 0.1) is 0 Å². The van der Waals surface area contributed by atoms with Crippen molar-refractivity contribution in [3.8, 4) is 0 Å². The zero-order chi connectivity index (χ0) is 13.2. The molecule has 0 saturated carbocycles. The van der Waals surface area contributed by atoms with Crippen molar-refractivity contribution < 1.29 is 9.53 Å². The number of hydrogen-bond donors (Lipinski definition) is 0. The van der Waals surface area contributed by atoms with Crippen LogP contribution in [0.4, 0.5) is 0 Å².